The molecule has 0 heterocycles. The summed E-state index contributed by atoms with van der Waals surface area (Å²) in [5.41, 5.74) is -0.0483. The van der Waals surface area contributed by atoms with Crippen molar-refractivity contribution >= 4 is 23.3 Å². The minimum absolute atomic E-state index is 0.136. The average molecular weight is 284 g/mol. The molecule has 0 saturated heterocycles. The first-order valence-corrected chi connectivity index (χ1v) is 6.81. The SMILES string of the molecule is O=C(O)CN(CC1(O)CCCC1)c1cccc(Cl)c1. The van der Waals surface area contributed by atoms with Gasteiger partial charge in [0, 0.05) is 17.3 Å². The van der Waals surface area contributed by atoms with E-state index in [4.69, 9.17) is 16.7 Å². The maximum atomic E-state index is 11.0. The Morgan fingerprint density at radius 3 is 2.63 bits per heavy atom. The first-order valence-electron chi connectivity index (χ1n) is 6.43. The fourth-order valence-corrected chi connectivity index (χ4v) is 2.81. The summed E-state index contributed by atoms with van der Waals surface area (Å²) in [6.07, 6.45) is 3.44. The normalized spacial score (nSPS) is 17.4. The number of nitrogens with zero attached hydrogens (tertiary/aromatic N) is 1. The lowest BCUT2D eigenvalue weighted by Gasteiger charge is -2.32. The average Bonchev–Trinajstić information content (AvgIpc) is 2.74. The molecule has 0 unspecified atom stereocenters. The van der Waals surface area contributed by atoms with Crippen LogP contribution < -0.4 is 4.90 Å². The van der Waals surface area contributed by atoms with E-state index in [1.165, 1.54) is 0 Å². The van der Waals surface area contributed by atoms with Crippen molar-refractivity contribution in [2.75, 3.05) is 18.0 Å². The number of anilines is 1. The lowest BCUT2D eigenvalue weighted by molar-refractivity contribution is -0.135. The minimum Gasteiger partial charge on any atom is -0.480 e. The molecule has 0 atom stereocenters. The number of aliphatic hydroxyl groups is 1. The Labute approximate surface area is 117 Å². The second-order valence-electron chi connectivity index (χ2n) is 5.16. The van der Waals surface area contributed by atoms with Crippen LogP contribution in [-0.2, 0) is 4.79 Å². The molecule has 5 heteroatoms. The van der Waals surface area contributed by atoms with Crippen molar-refractivity contribution in [2.45, 2.75) is 31.3 Å². The van der Waals surface area contributed by atoms with Crippen molar-refractivity contribution in [3.8, 4) is 0 Å². The van der Waals surface area contributed by atoms with Crippen LogP contribution >= 0.6 is 11.6 Å². The summed E-state index contributed by atoms with van der Waals surface area (Å²) in [4.78, 5) is 12.7. The monoisotopic (exact) mass is 283 g/mol. The van der Waals surface area contributed by atoms with Crippen molar-refractivity contribution in [1.82, 2.24) is 0 Å². The van der Waals surface area contributed by atoms with Crippen LogP contribution in [0.4, 0.5) is 5.69 Å². The van der Waals surface area contributed by atoms with E-state index < -0.39 is 11.6 Å². The lowest BCUT2D eigenvalue weighted by atomic mass is 10.0. The molecule has 0 radical (unpaired) electrons. The van der Waals surface area contributed by atoms with Crippen LogP contribution in [0.5, 0.6) is 0 Å². The van der Waals surface area contributed by atoms with Gasteiger partial charge in [-0.2, -0.15) is 0 Å². The Balaban J connectivity index is 2.18. The van der Waals surface area contributed by atoms with Crippen molar-refractivity contribution in [1.29, 1.82) is 0 Å². The predicted octanol–water partition coefficient (Wildman–Crippen LogP) is 2.54. The van der Waals surface area contributed by atoms with Crippen molar-refractivity contribution < 1.29 is 15.0 Å². The molecule has 0 spiro atoms. The van der Waals surface area contributed by atoms with Crippen LogP contribution in [0.3, 0.4) is 0 Å². The fourth-order valence-electron chi connectivity index (χ4n) is 2.62. The Bertz CT molecular complexity index is 458. The summed E-state index contributed by atoms with van der Waals surface area (Å²) >= 11 is 5.94. The van der Waals surface area contributed by atoms with Crippen LogP contribution in [0.15, 0.2) is 24.3 Å². The second-order valence-corrected chi connectivity index (χ2v) is 5.60. The topological polar surface area (TPSA) is 60.8 Å². The summed E-state index contributed by atoms with van der Waals surface area (Å²) in [6, 6.07) is 7.06. The van der Waals surface area contributed by atoms with Gasteiger partial charge in [0.15, 0.2) is 0 Å². The van der Waals surface area contributed by atoms with Gasteiger partial charge in [-0.25, -0.2) is 0 Å². The summed E-state index contributed by atoms with van der Waals surface area (Å²) < 4.78 is 0. The van der Waals surface area contributed by atoms with E-state index >= 15 is 0 Å². The van der Waals surface area contributed by atoms with E-state index in [-0.39, 0.29) is 6.54 Å². The van der Waals surface area contributed by atoms with Crippen molar-refractivity contribution in [2.24, 2.45) is 0 Å². The Hall–Kier alpha value is -1.26. The van der Waals surface area contributed by atoms with E-state index in [2.05, 4.69) is 0 Å². The fraction of sp³-hybridized carbons (Fsp3) is 0.500. The van der Waals surface area contributed by atoms with Gasteiger partial charge in [-0.1, -0.05) is 30.5 Å². The Kier molecular flexibility index (Phi) is 4.32. The number of hydrogen-bond donors (Lipinski definition) is 2. The summed E-state index contributed by atoms with van der Waals surface area (Å²) in [6.45, 7) is 0.197. The highest BCUT2D eigenvalue weighted by molar-refractivity contribution is 6.30. The van der Waals surface area contributed by atoms with Crippen LogP contribution in [0, 0.1) is 0 Å². The van der Waals surface area contributed by atoms with Gasteiger partial charge in [0.2, 0.25) is 0 Å². The maximum Gasteiger partial charge on any atom is 0.323 e. The number of benzene rings is 1. The largest absolute Gasteiger partial charge is 0.480 e. The van der Waals surface area contributed by atoms with E-state index in [1.54, 1.807) is 23.1 Å². The number of aliphatic carboxylic acids is 1. The quantitative estimate of drug-likeness (QED) is 0.872. The van der Waals surface area contributed by atoms with E-state index in [0.717, 1.165) is 31.4 Å². The third-order valence-electron chi connectivity index (χ3n) is 3.52. The summed E-state index contributed by atoms with van der Waals surface area (Å²) in [5.74, 6) is -0.915. The van der Waals surface area contributed by atoms with Gasteiger partial charge in [-0.05, 0) is 31.0 Å². The number of hydrogen-bond acceptors (Lipinski definition) is 3. The van der Waals surface area contributed by atoms with Gasteiger partial charge >= 0.3 is 5.97 Å². The molecule has 0 aromatic heterocycles. The molecule has 1 aliphatic rings. The van der Waals surface area contributed by atoms with Gasteiger partial charge < -0.3 is 15.1 Å². The van der Waals surface area contributed by atoms with Crippen molar-refractivity contribution in [3.63, 3.8) is 0 Å². The Morgan fingerprint density at radius 1 is 1.37 bits per heavy atom. The van der Waals surface area contributed by atoms with Crippen molar-refractivity contribution in [3.05, 3.63) is 29.3 Å². The third-order valence-corrected chi connectivity index (χ3v) is 3.75. The molecule has 0 bridgehead atoms. The van der Waals surface area contributed by atoms with Gasteiger partial charge in [0.1, 0.15) is 6.54 Å². The standard InChI is InChI=1S/C14H18ClNO3/c15-11-4-3-5-12(8-11)16(9-13(17)18)10-14(19)6-1-2-7-14/h3-5,8,19H,1-2,6-7,9-10H2,(H,17,18). The number of carbonyl (C=O) groups is 1. The van der Waals surface area contributed by atoms with Crippen LogP contribution in [-0.4, -0.2) is 34.9 Å². The number of halogens is 1. The summed E-state index contributed by atoms with van der Waals surface area (Å²) in [5, 5.41) is 20.0. The smallest absolute Gasteiger partial charge is 0.323 e. The highest BCUT2D eigenvalue weighted by Crippen LogP contribution is 2.32. The number of carboxylic acids is 1. The van der Waals surface area contributed by atoms with Gasteiger partial charge in [0.25, 0.3) is 0 Å². The van der Waals surface area contributed by atoms with E-state index in [0.29, 0.717) is 11.6 Å². The molecule has 104 valence electrons. The zero-order chi connectivity index (χ0) is 13.9. The lowest BCUT2D eigenvalue weighted by Crippen LogP contribution is -2.43. The predicted molar refractivity (Wildman–Crippen MR) is 74.7 cm³/mol. The molecule has 4 nitrogen and oxygen atoms in total. The van der Waals surface area contributed by atoms with Gasteiger partial charge in [0.05, 0.1) is 5.60 Å². The van der Waals surface area contributed by atoms with Crippen LogP contribution in [0.2, 0.25) is 5.02 Å². The number of rotatable bonds is 5. The minimum atomic E-state index is -0.915. The highest BCUT2D eigenvalue weighted by Gasteiger charge is 2.33. The van der Waals surface area contributed by atoms with Crippen LogP contribution in [0.1, 0.15) is 25.7 Å². The first-order chi connectivity index (χ1) is 8.98. The van der Waals surface area contributed by atoms with E-state index in [1.807, 2.05) is 6.07 Å². The molecule has 1 aliphatic carbocycles. The van der Waals surface area contributed by atoms with E-state index in [9.17, 15) is 9.90 Å². The molecule has 1 fully saturated rings. The molecule has 1 aromatic rings. The molecule has 1 aromatic carbocycles. The maximum absolute atomic E-state index is 11.0. The molecule has 2 rings (SSSR count). The highest BCUT2D eigenvalue weighted by atomic mass is 35.5. The Morgan fingerprint density at radius 2 is 2.05 bits per heavy atom. The zero-order valence-corrected chi connectivity index (χ0v) is 11.4. The number of carboxylic acid groups (broad SMARTS) is 1. The molecule has 0 aliphatic heterocycles. The molecular weight excluding hydrogens is 266 g/mol. The molecule has 2 N–H and O–H groups in total. The van der Waals surface area contributed by atoms with Gasteiger partial charge in [-0.3, -0.25) is 4.79 Å². The molecular formula is C14H18ClNO3. The molecule has 0 amide bonds. The first kappa shape index (κ1) is 14.2. The summed E-state index contributed by atoms with van der Waals surface area (Å²) in [7, 11) is 0. The van der Waals surface area contributed by atoms with Gasteiger partial charge in [-0.15, -0.1) is 0 Å². The third kappa shape index (κ3) is 3.85. The second kappa shape index (κ2) is 5.80. The molecule has 19 heavy (non-hydrogen) atoms. The van der Waals surface area contributed by atoms with Crippen LogP contribution in [0.25, 0.3) is 0 Å². The molecule has 1 saturated carbocycles. The zero-order valence-electron chi connectivity index (χ0n) is 10.7.